The number of ether oxygens (including phenoxy) is 1. The lowest BCUT2D eigenvalue weighted by Gasteiger charge is -2.42. The van der Waals surface area contributed by atoms with E-state index in [1.165, 1.54) is 6.92 Å². The topological polar surface area (TPSA) is 60.4 Å². The van der Waals surface area contributed by atoms with Crippen molar-refractivity contribution in [3.05, 3.63) is 0 Å². The Bertz CT molecular complexity index is 352. The summed E-state index contributed by atoms with van der Waals surface area (Å²) in [5.41, 5.74) is -1.66. The van der Waals surface area contributed by atoms with Crippen LogP contribution >= 0.6 is 0 Å². The lowest BCUT2D eigenvalue weighted by molar-refractivity contribution is -0.172. The van der Waals surface area contributed by atoms with Gasteiger partial charge < -0.3 is 4.74 Å². The molecule has 1 saturated carbocycles. The van der Waals surface area contributed by atoms with Gasteiger partial charge in [-0.05, 0) is 13.8 Å². The molecule has 0 radical (unpaired) electrons. The van der Waals surface area contributed by atoms with Gasteiger partial charge in [-0.3, -0.25) is 14.4 Å². The molecule has 0 aromatic carbocycles. The summed E-state index contributed by atoms with van der Waals surface area (Å²) >= 11 is 0. The summed E-state index contributed by atoms with van der Waals surface area (Å²) < 4.78 is 5.06. The van der Waals surface area contributed by atoms with Gasteiger partial charge in [-0.1, -0.05) is 13.8 Å². The third-order valence-electron chi connectivity index (χ3n) is 3.16. The van der Waals surface area contributed by atoms with Crippen LogP contribution in [-0.2, 0) is 19.1 Å². The molecule has 0 aromatic heterocycles. The molecule has 0 aliphatic heterocycles. The number of carbonyl (C=O) groups is 3. The van der Waals surface area contributed by atoms with Gasteiger partial charge >= 0.3 is 5.97 Å². The quantitative estimate of drug-likeness (QED) is 0.502. The highest BCUT2D eigenvalue weighted by Gasteiger charge is 2.53. The first-order chi connectivity index (χ1) is 7.09. The third kappa shape index (κ3) is 2.01. The van der Waals surface area contributed by atoms with Gasteiger partial charge in [0.1, 0.15) is 5.78 Å². The molecule has 1 fully saturated rings. The van der Waals surface area contributed by atoms with Crippen molar-refractivity contribution in [3.8, 4) is 0 Å². The molecule has 0 heterocycles. The van der Waals surface area contributed by atoms with E-state index in [2.05, 4.69) is 0 Å². The summed E-state index contributed by atoms with van der Waals surface area (Å²) in [6, 6.07) is 0. The first-order valence-electron chi connectivity index (χ1n) is 5.34. The average Bonchev–Trinajstić information content (AvgIpc) is 2.09. The van der Waals surface area contributed by atoms with E-state index in [-0.39, 0.29) is 18.0 Å². The summed E-state index contributed by atoms with van der Waals surface area (Å²) in [5, 5.41) is 0. The highest BCUT2D eigenvalue weighted by molar-refractivity contribution is 6.11. The minimum absolute atomic E-state index is 0.0918. The first kappa shape index (κ1) is 12.9. The molecule has 0 amide bonds. The molecule has 90 valence electrons. The number of ketones is 2. The summed E-state index contributed by atoms with van der Waals surface area (Å²) in [7, 11) is 0. The van der Waals surface area contributed by atoms with Crippen LogP contribution in [0.4, 0.5) is 0 Å². The molecule has 0 N–H and O–H groups in total. The maximum Gasteiger partial charge on any atom is 0.303 e. The van der Waals surface area contributed by atoms with Crippen LogP contribution in [-0.4, -0.2) is 23.6 Å². The number of hydrogen-bond donors (Lipinski definition) is 0. The van der Waals surface area contributed by atoms with Crippen LogP contribution in [0.25, 0.3) is 0 Å². The summed E-state index contributed by atoms with van der Waals surface area (Å²) in [4.78, 5) is 34.9. The Morgan fingerprint density at radius 2 is 1.75 bits per heavy atom. The molecular formula is C12H18O4. The average molecular weight is 226 g/mol. The molecule has 0 spiro atoms. The van der Waals surface area contributed by atoms with Crippen molar-refractivity contribution < 1.29 is 19.1 Å². The van der Waals surface area contributed by atoms with E-state index in [1.807, 2.05) is 0 Å². The molecule has 1 aliphatic rings. The second-order valence-corrected chi connectivity index (χ2v) is 5.57. The van der Waals surface area contributed by atoms with Crippen molar-refractivity contribution in [1.82, 2.24) is 0 Å². The van der Waals surface area contributed by atoms with Crippen LogP contribution in [0.5, 0.6) is 0 Å². The number of rotatable bonds is 1. The van der Waals surface area contributed by atoms with Crippen LogP contribution in [0.15, 0.2) is 0 Å². The van der Waals surface area contributed by atoms with E-state index >= 15 is 0 Å². The highest BCUT2D eigenvalue weighted by atomic mass is 16.5. The minimum Gasteiger partial charge on any atom is -0.454 e. The number of hydrogen-bond acceptors (Lipinski definition) is 4. The van der Waals surface area contributed by atoms with Gasteiger partial charge in [-0.2, -0.15) is 0 Å². The smallest absolute Gasteiger partial charge is 0.303 e. The van der Waals surface area contributed by atoms with E-state index in [9.17, 15) is 14.4 Å². The fraction of sp³-hybridized carbons (Fsp3) is 0.750. The van der Waals surface area contributed by atoms with E-state index in [0.29, 0.717) is 0 Å². The highest BCUT2D eigenvalue weighted by Crippen LogP contribution is 2.41. The fourth-order valence-corrected chi connectivity index (χ4v) is 1.93. The van der Waals surface area contributed by atoms with Gasteiger partial charge in [0, 0.05) is 18.8 Å². The Hall–Kier alpha value is -1.19. The van der Waals surface area contributed by atoms with Crippen molar-refractivity contribution in [3.63, 3.8) is 0 Å². The zero-order chi connectivity index (χ0) is 12.7. The van der Waals surface area contributed by atoms with E-state index < -0.39 is 22.9 Å². The van der Waals surface area contributed by atoms with Gasteiger partial charge in [0.15, 0.2) is 11.9 Å². The molecule has 1 aliphatic carbocycles. The first-order valence-corrected chi connectivity index (χ1v) is 5.34. The lowest BCUT2D eigenvalue weighted by atomic mass is 9.63. The molecule has 4 nitrogen and oxygen atoms in total. The lowest BCUT2D eigenvalue weighted by Crippen LogP contribution is -2.55. The van der Waals surface area contributed by atoms with Crippen LogP contribution in [0.3, 0.4) is 0 Å². The summed E-state index contributed by atoms with van der Waals surface area (Å²) in [6.45, 7) is 7.98. The molecule has 0 aromatic rings. The van der Waals surface area contributed by atoms with Crippen LogP contribution < -0.4 is 0 Å². The Morgan fingerprint density at radius 1 is 1.25 bits per heavy atom. The molecule has 1 atom stereocenters. The predicted octanol–water partition coefficient (Wildman–Crippen LogP) is 1.51. The fourth-order valence-electron chi connectivity index (χ4n) is 1.93. The zero-order valence-corrected chi connectivity index (χ0v) is 10.4. The van der Waals surface area contributed by atoms with Crippen molar-refractivity contribution in [1.29, 1.82) is 0 Å². The van der Waals surface area contributed by atoms with Crippen molar-refractivity contribution in [2.75, 3.05) is 0 Å². The Kier molecular flexibility index (Phi) is 2.96. The standard InChI is InChI=1S/C12H18O4/c1-7(13)16-10-9(15)12(4,5)8(14)6-11(10,2)3/h10H,6H2,1-5H3. The third-order valence-corrected chi connectivity index (χ3v) is 3.16. The molecule has 0 bridgehead atoms. The zero-order valence-electron chi connectivity index (χ0n) is 10.4. The summed E-state index contributed by atoms with van der Waals surface area (Å²) in [5.74, 6) is -0.883. The minimum atomic E-state index is -1.05. The Morgan fingerprint density at radius 3 is 2.19 bits per heavy atom. The molecule has 0 saturated heterocycles. The largest absolute Gasteiger partial charge is 0.454 e. The number of Topliss-reactive ketones (excluding diaryl/α,β-unsaturated/α-hetero) is 2. The second kappa shape index (κ2) is 3.68. The van der Waals surface area contributed by atoms with E-state index in [0.717, 1.165) is 0 Å². The van der Waals surface area contributed by atoms with Crippen molar-refractivity contribution in [2.24, 2.45) is 10.8 Å². The van der Waals surface area contributed by atoms with Crippen molar-refractivity contribution in [2.45, 2.75) is 47.1 Å². The molecular weight excluding hydrogens is 208 g/mol. The van der Waals surface area contributed by atoms with Crippen LogP contribution in [0.2, 0.25) is 0 Å². The van der Waals surface area contributed by atoms with Gasteiger partial charge in [0.05, 0.1) is 5.41 Å². The van der Waals surface area contributed by atoms with E-state index in [1.54, 1.807) is 27.7 Å². The SMILES string of the molecule is CC(=O)OC1C(=O)C(C)(C)C(=O)CC1(C)C. The second-order valence-electron chi connectivity index (χ2n) is 5.57. The van der Waals surface area contributed by atoms with Gasteiger partial charge in [0.25, 0.3) is 0 Å². The van der Waals surface area contributed by atoms with Crippen molar-refractivity contribution >= 4 is 17.5 Å². The van der Waals surface area contributed by atoms with Gasteiger partial charge in [0.2, 0.25) is 0 Å². The van der Waals surface area contributed by atoms with E-state index in [4.69, 9.17) is 4.74 Å². The van der Waals surface area contributed by atoms with Gasteiger partial charge in [-0.15, -0.1) is 0 Å². The predicted molar refractivity (Wildman–Crippen MR) is 57.7 cm³/mol. The normalized spacial score (nSPS) is 27.7. The monoisotopic (exact) mass is 226 g/mol. The maximum atomic E-state index is 12.1. The Balaban J connectivity index is 3.09. The molecule has 16 heavy (non-hydrogen) atoms. The number of carbonyl (C=O) groups excluding carboxylic acids is 3. The molecule has 1 unspecified atom stereocenters. The molecule has 4 heteroatoms. The summed E-state index contributed by atoms with van der Waals surface area (Å²) in [6.07, 6.45) is -0.568. The molecule has 1 rings (SSSR count). The van der Waals surface area contributed by atoms with Crippen LogP contribution in [0, 0.1) is 10.8 Å². The maximum absolute atomic E-state index is 12.1. The Labute approximate surface area is 95.3 Å². The number of esters is 1. The van der Waals surface area contributed by atoms with Crippen LogP contribution in [0.1, 0.15) is 41.0 Å². The van der Waals surface area contributed by atoms with Gasteiger partial charge in [-0.25, -0.2) is 0 Å².